The van der Waals surface area contributed by atoms with Crippen LogP contribution in [0.15, 0.2) is 0 Å². The summed E-state index contributed by atoms with van der Waals surface area (Å²) < 4.78 is 5.08. The maximum absolute atomic E-state index is 6.50. The van der Waals surface area contributed by atoms with Gasteiger partial charge in [-0.15, -0.1) is 0 Å². The highest BCUT2D eigenvalue weighted by Crippen LogP contribution is 1.97. The van der Waals surface area contributed by atoms with Crippen molar-refractivity contribution in [1.29, 1.82) is 5.26 Å². The van der Waals surface area contributed by atoms with Crippen LogP contribution in [0.4, 0.5) is 0 Å². The third kappa shape index (κ3) is 17.4. The van der Waals surface area contributed by atoms with Gasteiger partial charge in [-0.3, -0.25) is 0 Å². The molecule has 2 nitrogen and oxygen atoms in total. The minimum absolute atomic E-state index is 1.13. The van der Waals surface area contributed by atoms with Gasteiger partial charge in [-0.2, -0.15) is 0 Å². The second-order valence-corrected chi connectivity index (χ2v) is 6.95. The largest absolute Gasteiger partial charge is 0.421 e. The van der Waals surface area contributed by atoms with Gasteiger partial charge < -0.3 is 4.43 Å². The molecule has 0 aromatic carbocycles. The van der Waals surface area contributed by atoms with Gasteiger partial charge in [0.1, 0.15) is 0 Å². The Kier molecular flexibility index (Phi) is 6.39. The lowest BCUT2D eigenvalue weighted by atomic mass is 11.8. The van der Waals surface area contributed by atoms with E-state index in [1.165, 1.54) is 0 Å². The highest BCUT2D eigenvalue weighted by atomic mass is 28.4. The van der Waals surface area contributed by atoms with Gasteiger partial charge >= 0.3 is 0 Å². The maximum atomic E-state index is 6.50. The summed E-state index contributed by atoms with van der Waals surface area (Å²) in [6, 6.07) is 0. The lowest BCUT2D eigenvalue weighted by Gasteiger charge is -2.10. The maximum Gasteiger partial charge on any atom is 0.183 e. The molecule has 0 aromatic heterocycles. The molecule has 0 heterocycles. The molecule has 0 aliphatic heterocycles. The third-order valence-electron chi connectivity index (χ3n) is 0.612. The minimum Gasteiger partial charge on any atom is -0.421 e. The standard InChI is InChI=1S/C4H12OSi.CHN/c1-5-6(2,3)4;1-2/h1-4H3;1H. The molecule has 0 bridgehead atoms. The molecule has 8 heavy (non-hydrogen) atoms. The summed E-state index contributed by atoms with van der Waals surface area (Å²) in [6.45, 7) is 9.98. The van der Waals surface area contributed by atoms with Crippen molar-refractivity contribution in [1.82, 2.24) is 0 Å². The molecule has 0 aliphatic carbocycles. The number of rotatable bonds is 1. The molecule has 3 heteroatoms. The summed E-state index contributed by atoms with van der Waals surface area (Å²) in [5, 5.41) is 6.50. The van der Waals surface area contributed by atoms with Gasteiger partial charge in [0, 0.05) is 13.7 Å². The molecule has 0 N–H and O–H groups in total. The van der Waals surface area contributed by atoms with Crippen molar-refractivity contribution in [2.45, 2.75) is 19.6 Å². The average Bonchev–Trinajstić information content (AvgIpc) is 1.71. The van der Waals surface area contributed by atoms with Gasteiger partial charge in [-0.1, -0.05) is 0 Å². The summed E-state index contributed by atoms with van der Waals surface area (Å²) in [7, 11) is 0.639. The van der Waals surface area contributed by atoms with E-state index >= 15 is 0 Å². The van der Waals surface area contributed by atoms with Crippen molar-refractivity contribution in [3.8, 4) is 6.57 Å². The normalized spacial score (nSPS) is 9.25. The van der Waals surface area contributed by atoms with E-state index in [0.29, 0.717) is 0 Å². The highest BCUT2D eigenvalue weighted by Gasteiger charge is 2.09. The lowest BCUT2D eigenvalue weighted by molar-refractivity contribution is 0.411. The van der Waals surface area contributed by atoms with E-state index in [-0.39, 0.29) is 0 Å². The van der Waals surface area contributed by atoms with Gasteiger partial charge in [-0.05, 0) is 19.6 Å². The van der Waals surface area contributed by atoms with E-state index in [4.69, 9.17) is 9.69 Å². The van der Waals surface area contributed by atoms with E-state index in [9.17, 15) is 0 Å². The van der Waals surface area contributed by atoms with Crippen LogP contribution < -0.4 is 0 Å². The van der Waals surface area contributed by atoms with Crippen molar-refractivity contribution in [3.63, 3.8) is 0 Å². The molecule has 0 unspecified atom stereocenters. The number of nitriles is 1. The molecule has 0 radical (unpaired) electrons. The number of nitrogens with zero attached hydrogens (tertiary/aromatic N) is 1. The van der Waals surface area contributed by atoms with Gasteiger partial charge in [0.2, 0.25) is 0 Å². The zero-order valence-electron chi connectivity index (χ0n) is 5.93. The van der Waals surface area contributed by atoms with Crippen molar-refractivity contribution < 1.29 is 4.43 Å². The van der Waals surface area contributed by atoms with Gasteiger partial charge in [0.15, 0.2) is 8.32 Å². The number of hydrogen-bond acceptors (Lipinski definition) is 2. The Morgan fingerprint density at radius 2 is 1.38 bits per heavy atom. The Morgan fingerprint density at radius 3 is 1.38 bits per heavy atom. The highest BCUT2D eigenvalue weighted by molar-refractivity contribution is 6.69. The van der Waals surface area contributed by atoms with Crippen LogP contribution in [0.5, 0.6) is 0 Å². The summed E-state index contributed by atoms with van der Waals surface area (Å²) in [5.41, 5.74) is 0. The molecule has 0 saturated carbocycles. The van der Waals surface area contributed by atoms with Crippen LogP contribution in [0, 0.1) is 11.8 Å². The third-order valence-corrected chi connectivity index (χ3v) is 1.84. The summed E-state index contributed by atoms with van der Waals surface area (Å²) in [4.78, 5) is 0. The smallest absolute Gasteiger partial charge is 0.183 e. The first-order valence-corrected chi connectivity index (χ1v) is 5.78. The molecular formula is C5H13NOSi. The monoisotopic (exact) mass is 131 g/mol. The lowest BCUT2D eigenvalue weighted by Crippen LogP contribution is -2.22. The van der Waals surface area contributed by atoms with E-state index < -0.39 is 8.32 Å². The number of hydrogen-bond donors (Lipinski definition) is 0. The molecule has 0 fully saturated rings. The van der Waals surface area contributed by atoms with E-state index in [0.717, 1.165) is 0 Å². The molecule has 0 spiro atoms. The second-order valence-electron chi connectivity index (χ2n) is 2.32. The first-order valence-electron chi connectivity index (χ1n) is 2.37. The first kappa shape index (κ1) is 10.6. The average molecular weight is 131 g/mol. The van der Waals surface area contributed by atoms with Gasteiger partial charge in [0.05, 0.1) is 0 Å². The minimum atomic E-state index is -1.13. The zero-order chi connectivity index (χ0) is 7.21. The Labute approximate surface area is 52.2 Å². The van der Waals surface area contributed by atoms with E-state index in [1.54, 1.807) is 7.11 Å². The molecule has 0 atom stereocenters. The Balaban J connectivity index is 0. The van der Waals surface area contributed by atoms with Gasteiger partial charge in [0.25, 0.3) is 0 Å². The Bertz CT molecular complexity index is 64.6. The van der Waals surface area contributed by atoms with Crippen LogP contribution >= 0.6 is 0 Å². The molecule has 0 aromatic rings. The quantitative estimate of drug-likeness (QED) is 0.506. The van der Waals surface area contributed by atoms with E-state index in [2.05, 4.69) is 26.2 Å². The molecule has 0 saturated heterocycles. The van der Waals surface area contributed by atoms with Crippen LogP contribution in [-0.2, 0) is 4.43 Å². The van der Waals surface area contributed by atoms with Crippen LogP contribution in [0.25, 0.3) is 0 Å². The van der Waals surface area contributed by atoms with Crippen molar-refractivity contribution in [2.75, 3.05) is 7.11 Å². The predicted molar refractivity (Wildman–Crippen MR) is 37.0 cm³/mol. The van der Waals surface area contributed by atoms with Gasteiger partial charge in [-0.25, -0.2) is 5.26 Å². The van der Waals surface area contributed by atoms with Crippen molar-refractivity contribution >= 4 is 8.32 Å². The fourth-order valence-electron chi connectivity index (χ4n) is 0. The van der Waals surface area contributed by atoms with Crippen LogP contribution in [-0.4, -0.2) is 15.4 Å². The molecule has 48 valence electrons. The van der Waals surface area contributed by atoms with Crippen molar-refractivity contribution in [2.24, 2.45) is 0 Å². The van der Waals surface area contributed by atoms with Crippen LogP contribution in [0.1, 0.15) is 0 Å². The summed E-state index contributed by atoms with van der Waals surface area (Å²) >= 11 is 0. The SMILES string of the molecule is C#N.CO[Si](C)(C)C. The fraction of sp³-hybridized carbons (Fsp3) is 0.800. The molecule has 0 aliphatic rings. The Hall–Kier alpha value is -0.333. The summed E-state index contributed by atoms with van der Waals surface area (Å²) in [5.74, 6) is 0. The topological polar surface area (TPSA) is 33.0 Å². The van der Waals surface area contributed by atoms with Crippen LogP contribution in [0.2, 0.25) is 19.6 Å². The molecule has 0 amide bonds. The zero-order valence-corrected chi connectivity index (χ0v) is 6.93. The molecule has 0 rings (SSSR count). The molecular weight excluding hydrogens is 118 g/mol. The Morgan fingerprint density at radius 1 is 1.25 bits per heavy atom. The van der Waals surface area contributed by atoms with Crippen LogP contribution in [0.3, 0.4) is 0 Å². The first-order chi connectivity index (χ1) is 3.56. The summed E-state index contributed by atoms with van der Waals surface area (Å²) in [6.07, 6.45) is 0. The van der Waals surface area contributed by atoms with Crippen molar-refractivity contribution in [3.05, 3.63) is 0 Å². The fourth-order valence-corrected chi connectivity index (χ4v) is 0. The predicted octanol–water partition coefficient (Wildman–Crippen LogP) is 1.61. The second kappa shape index (κ2) is 4.82. The van der Waals surface area contributed by atoms with E-state index in [1.807, 2.05) is 0 Å².